The van der Waals surface area contributed by atoms with E-state index < -0.39 is 0 Å². The lowest BCUT2D eigenvalue weighted by Crippen LogP contribution is -2.25. The third kappa shape index (κ3) is 4.23. The van der Waals surface area contributed by atoms with Crippen molar-refractivity contribution in [1.29, 1.82) is 0 Å². The second kappa shape index (κ2) is 7.12. The fourth-order valence-corrected chi connectivity index (χ4v) is 2.66. The predicted molar refractivity (Wildman–Crippen MR) is 77.3 cm³/mol. The van der Waals surface area contributed by atoms with E-state index >= 15 is 0 Å². The van der Waals surface area contributed by atoms with E-state index in [0.717, 1.165) is 24.6 Å². The molecule has 1 saturated carbocycles. The van der Waals surface area contributed by atoms with Gasteiger partial charge >= 0.3 is 0 Å². The van der Waals surface area contributed by atoms with Gasteiger partial charge in [0, 0.05) is 13.6 Å². The fraction of sp³-hybridized carbons (Fsp3) is 0.600. The van der Waals surface area contributed by atoms with Gasteiger partial charge in [-0.2, -0.15) is 0 Å². The molecular weight excluding hydrogens is 238 g/mol. The number of pyridine rings is 1. The van der Waals surface area contributed by atoms with Gasteiger partial charge in [0.25, 0.3) is 5.91 Å². The number of anilines is 1. The van der Waals surface area contributed by atoms with Gasteiger partial charge in [-0.3, -0.25) is 4.79 Å². The Bertz CT molecular complexity index is 396. The van der Waals surface area contributed by atoms with Crippen LogP contribution in [0.5, 0.6) is 0 Å². The summed E-state index contributed by atoms with van der Waals surface area (Å²) in [7, 11) is 1.83. The number of amides is 1. The number of nitrogens with zero attached hydrogens (tertiary/aromatic N) is 1. The van der Waals surface area contributed by atoms with Gasteiger partial charge in [-0.25, -0.2) is 4.98 Å². The largest absolute Gasteiger partial charge is 0.387 e. The number of rotatable bonds is 6. The zero-order chi connectivity index (χ0) is 13.5. The molecule has 19 heavy (non-hydrogen) atoms. The number of nitrogens with one attached hydrogen (secondary N) is 2. The molecule has 4 nitrogen and oxygen atoms in total. The monoisotopic (exact) mass is 261 g/mol. The van der Waals surface area contributed by atoms with Gasteiger partial charge in [0.1, 0.15) is 5.69 Å². The average molecular weight is 261 g/mol. The van der Waals surface area contributed by atoms with Crippen molar-refractivity contribution in [2.75, 3.05) is 18.9 Å². The highest BCUT2D eigenvalue weighted by Gasteiger charge is 2.14. The summed E-state index contributed by atoms with van der Waals surface area (Å²) in [5.74, 6) is 0.819. The zero-order valence-electron chi connectivity index (χ0n) is 11.6. The van der Waals surface area contributed by atoms with Crippen molar-refractivity contribution >= 4 is 11.6 Å². The van der Waals surface area contributed by atoms with Crippen LogP contribution in [-0.4, -0.2) is 24.5 Å². The second-order valence-electron chi connectivity index (χ2n) is 5.23. The fourth-order valence-electron chi connectivity index (χ4n) is 2.66. The summed E-state index contributed by atoms with van der Waals surface area (Å²) in [5.41, 5.74) is 1.40. The smallest absolute Gasteiger partial charge is 0.269 e. The maximum absolute atomic E-state index is 11.8. The molecule has 1 aliphatic rings. The van der Waals surface area contributed by atoms with Crippen LogP contribution in [-0.2, 0) is 0 Å². The van der Waals surface area contributed by atoms with Gasteiger partial charge in [-0.1, -0.05) is 25.7 Å². The molecule has 1 aromatic heterocycles. The van der Waals surface area contributed by atoms with Crippen molar-refractivity contribution in [3.8, 4) is 0 Å². The first-order valence-electron chi connectivity index (χ1n) is 7.21. The standard InChI is InChI=1S/C15H23N3O/c1-16-13-8-9-14(18-11-13)15(19)17-10-4-7-12-5-2-3-6-12/h8-9,11-12,16H,2-7,10H2,1H3,(H,17,19). The van der Waals surface area contributed by atoms with Crippen molar-refractivity contribution in [2.45, 2.75) is 38.5 Å². The van der Waals surface area contributed by atoms with Gasteiger partial charge in [0.2, 0.25) is 0 Å². The highest BCUT2D eigenvalue weighted by Crippen LogP contribution is 2.28. The summed E-state index contributed by atoms with van der Waals surface area (Å²) in [4.78, 5) is 16.0. The first-order valence-corrected chi connectivity index (χ1v) is 7.21. The molecule has 1 aliphatic carbocycles. The van der Waals surface area contributed by atoms with E-state index in [-0.39, 0.29) is 5.91 Å². The Morgan fingerprint density at radius 2 is 2.16 bits per heavy atom. The van der Waals surface area contributed by atoms with E-state index in [2.05, 4.69) is 15.6 Å². The van der Waals surface area contributed by atoms with Gasteiger partial charge < -0.3 is 10.6 Å². The number of carbonyl (C=O) groups is 1. The Morgan fingerprint density at radius 3 is 2.79 bits per heavy atom. The van der Waals surface area contributed by atoms with Gasteiger partial charge in [0.05, 0.1) is 11.9 Å². The maximum Gasteiger partial charge on any atom is 0.269 e. The molecule has 2 N–H and O–H groups in total. The first kappa shape index (κ1) is 13.8. The second-order valence-corrected chi connectivity index (χ2v) is 5.23. The topological polar surface area (TPSA) is 54.0 Å². The molecule has 0 aromatic carbocycles. The van der Waals surface area contributed by atoms with E-state index in [9.17, 15) is 4.79 Å². The Hall–Kier alpha value is -1.58. The van der Waals surface area contributed by atoms with Crippen LogP contribution in [0.15, 0.2) is 18.3 Å². The lowest BCUT2D eigenvalue weighted by Gasteiger charge is -2.09. The zero-order valence-corrected chi connectivity index (χ0v) is 11.6. The normalized spacial score (nSPS) is 15.4. The van der Waals surface area contributed by atoms with Crippen molar-refractivity contribution in [3.05, 3.63) is 24.0 Å². The quantitative estimate of drug-likeness (QED) is 0.774. The van der Waals surface area contributed by atoms with Crippen LogP contribution >= 0.6 is 0 Å². The molecule has 0 aliphatic heterocycles. The minimum atomic E-state index is -0.0749. The van der Waals surface area contributed by atoms with Crippen molar-refractivity contribution in [1.82, 2.24) is 10.3 Å². The van der Waals surface area contributed by atoms with Crippen molar-refractivity contribution < 1.29 is 4.79 Å². The highest BCUT2D eigenvalue weighted by molar-refractivity contribution is 5.92. The SMILES string of the molecule is CNc1ccc(C(=O)NCCCC2CCCC2)nc1. The third-order valence-corrected chi connectivity index (χ3v) is 3.83. The van der Waals surface area contributed by atoms with E-state index in [4.69, 9.17) is 0 Å². The molecule has 0 atom stereocenters. The van der Waals surface area contributed by atoms with Gasteiger partial charge in [-0.15, -0.1) is 0 Å². The van der Waals surface area contributed by atoms with E-state index in [1.807, 2.05) is 13.1 Å². The Morgan fingerprint density at radius 1 is 1.37 bits per heavy atom. The summed E-state index contributed by atoms with van der Waals surface area (Å²) in [6.07, 6.45) is 9.52. The number of aromatic nitrogens is 1. The van der Waals surface area contributed by atoms with E-state index in [0.29, 0.717) is 5.69 Å². The molecule has 4 heteroatoms. The first-order chi connectivity index (χ1) is 9.29. The minimum Gasteiger partial charge on any atom is -0.387 e. The van der Waals surface area contributed by atoms with Crippen LogP contribution in [0.3, 0.4) is 0 Å². The highest BCUT2D eigenvalue weighted by atomic mass is 16.1. The summed E-state index contributed by atoms with van der Waals surface area (Å²) in [5, 5.41) is 5.92. The Balaban J connectivity index is 1.68. The predicted octanol–water partition coefficient (Wildman–Crippen LogP) is 2.82. The summed E-state index contributed by atoms with van der Waals surface area (Å²) in [6, 6.07) is 3.61. The average Bonchev–Trinajstić information content (AvgIpc) is 2.96. The van der Waals surface area contributed by atoms with Crippen LogP contribution in [0.25, 0.3) is 0 Å². The Labute approximate surface area is 115 Å². The lowest BCUT2D eigenvalue weighted by molar-refractivity contribution is 0.0947. The lowest BCUT2D eigenvalue weighted by atomic mass is 10.0. The number of carbonyl (C=O) groups excluding carboxylic acids is 1. The number of hydrogen-bond acceptors (Lipinski definition) is 3. The molecule has 1 heterocycles. The molecule has 104 valence electrons. The molecule has 0 unspecified atom stereocenters. The summed E-state index contributed by atoms with van der Waals surface area (Å²) in [6.45, 7) is 0.755. The molecule has 1 amide bonds. The summed E-state index contributed by atoms with van der Waals surface area (Å²) < 4.78 is 0. The molecule has 1 fully saturated rings. The van der Waals surface area contributed by atoms with Crippen LogP contribution < -0.4 is 10.6 Å². The molecule has 2 rings (SSSR count). The van der Waals surface area contributed by atoms with E-state index in [1.165, 1.54) is 32.1 Å². The Kier molecular flexibility index (Phi) is 5.19. The van der Waals surface area contributed by atoms with E-state index in [1.54, 1.807) is 12.3 Å². The third-order valence-electron chi connectivity index (χ3n) is 3.83. The van der Waals surface area contributed by atoms with Crippen LogP contribution in [0.1, 0.15) is 49.0 Å². The van der Waals surface area contributed by atoms with Crippen LogP contribution in [0.4, 0.5) is 5.69 Å². The van der Waals surface area contributed by atoms with Crippen LogP contribution in [0, 0.1) is 5.92 Å². The molecule has 1 aromatic rings. The van der Waals surface area contributed by atoms with Crippen LogP contribution in [0.2, 0.25) is 0 Å². The van der Waals surface area contributed by atoms with Crippen molar-refractivity contribution in [2.24, 2.45) is 5.92 Å². The van der Waals surface area contributed by atoms with Gasteiger partial charge in [0.15, 0.2) is 0 Å². The van der Waals surface area contributed by atoms with Gasteiger partial charge in [-0.05, 0) is 30.9 Å². The maximum atomic E-state index is 11.8. The minimum absolute atomic E-state index is 0.0749. The molecule has 0 spiro atoms. The van der Waals surface area contributed by atoms with Crippen molar-refractivity contribution in [3.63, 3.8) is 0 Å². The molecule has 0 radical (unpaired) electrons. The number of hydrogen-bond donors (Lipinski definition) is 2. The molecular formula is C15H23N3O. The molecule has 0 saturated heterocycles. The molecule has 0 bridgehead atoms. The summed E-state index contributed by atoms with van der Waals surface area (Å²) >= 11 is 0.